The summed E-state index contributed by atoms with van der Waals surface area (Å²) >= 11 is 5.69. The van der Waals surface area contributed by atoms with Gasteiger partial charge in [0.2, 0.25) is 0 Å². The molecular weight excluding hydrogens is 172 g/mol. The number of halogens is 1. The van der Waals surface area contributed by atoms with Crippen LogP contribution in [0.5, 0.6) is 0 Å². The van der Waals surface area contributed by atoms with Crippen LogP contribution in [0.2, 0.25) is 0 Å². The predicted molar refractivity (Wildman–Crippen MR) is 53.7 cm³/mol. The summed E-state index contributed by atoms with van der Waals surface area (Å²) in [5, 5.41) is 0. The first-order chi connectivity index (χ1) is 5.74. The lowest BCUT2D eigenvalue weighted by Crippen LogP contribution is -2.29. The standard InChI is InChI=1S/C10H17ClO/c1-4-7-10(5-2,8-9-11)12-6-3/h7H,1,5-6,8-9H2,2-3H3. The molecule has 70 valence electrons. The van der Waals surface area contributed by atoms with Gasteiger partial charge in [0.15, 0.2) is 0 Å². The highest BCUT2D eigenvalue weighted by molar-refractivity contribution is 6.17. The molecule has 0 aromatic carbocycles. The molecule has 0 aromatic heterocycles. The molecule has 1 nitrogen and oxygen atoms in total. The monoisotopic (exact) mass is 188 g/mol. The van der Waals surface area contributed by atoms with Crippen molar-refractivity contribution in [2.75, 3.05) is 12.5 Å². The van der Waals surface area contributed by atoms with E-state index in [1.54, 1.807) is 0 Å². The molecular formula is C10H17ClO. The van der Waals surface area contributed by atoms with Gasteiger partial charge in [-0.1, -0.05) is 13.5 Å². The van der Waals surface area contributed by atoms with Crippen molar-refractivity contribution in [1.82, 2.24) is 0 Å². The van der Waals surface area contributed by atoms with Crippen LogP contribution in [0.4, 0.5) is 0 Å². The second-order valence-electron chi connectivity index (χ2n) is 2.64. The minimum absolute atomic E-state index is 0.238. The molecule has 0 radical (unpaired) electrons. The van der Waals surface area contributed by atoms with Crippen LogP contribution < -0.4 is 0 Å². The molecule has 0 saturated carbocycles. The van der Waals surface area contributed by atoms with Crippen molar-refractivity contribution in [3.05, 3.63) is 18.4 Å². The average molecular weight is 189 g/mol. The Bertz CT molecular complexity index is 153. The minimum Gasteiger partial charge on any atom is -0.371 e. The van der Waals surface area contributed by atoms with Gasteiger partial charge in [-0.15, -0.1) is 17.3 Å². The van der Waals surface area contributed by atoms with Gasteiger partial charge in [-0.2, -0.15) is 0 Å². The maximum absolute atomic E-state index is 5.69. The molecule has 1 atom stereocenters. The molecule has 0 aliphatic carbocycles. The van der Waals surface area contributed by atoms with Crippen LogP contribution >= 0.6 is 11.6 Å². The van der Waals surface area contributed by atoms with E-state index in [-0.39, 0.29) is 5.60 Å². The zero-order chi connectivity index (χ0) is 9.45. The Morgan fingerprint density at radius 2 is 2.25 bits per heavy atom. The van der Waals surface area contributed by atoms with Gasteiger partial charge in [0.05, 0.1) is 5.60 Å². The van der Waals surface area contributed by atoms with Crippen LogP contribution in [-0.2, 0) is 4.74 Å². The Labute approximate surface area is 80.1 Å². The average Bonchev–Trinajstić information content (AvgIpc) is 2.06. The summed E-state index contributed by atoms with van der Waals surface area (Å²) in [6.07, 6.45) is 3.61. The summed E-state index contributed by atoms with van der Waals surface area (Å²) in [6, 6.07) is 0. The van der Waals surface area contributed by atoms with Crippen molar-refractivity contribution >= 4 is 11.6 Å². The van der Waals surface area contributed by atoms with Gasteiger partial charge in [-0.25, -0.2) is 0 Å². The lowest BCUT2D eigenvalue weighted by atomic mass is 9.97. The Morgan fingerprint density at radius 3 is 2.58 bits per heavy atom. The molecule has 0 fully saturated rings. The van der Waals surface area contributed by atoms with Gasteiger partial charge in [0.25, 0.3) is 0 Å². The fraction of sp³-hybridized carbons (Fsp3) is 0.700. The highest BCUT2D eigenvalue weighted by Gasteiger charge is 2.24. The summed E-state index contributed by atoms with van der Waals surface area (Å²) in [4.78, 5) is 0. The SMILES string of the molecule is C=C=CC(CC)(CCCl)OCC. The number of hydrogen-bond donors (Lipinski definition) is 0. The number of hydrogen-bond acceptors (Lipinski definition) is 1. The molecule has 0 saturated heterocycles. The molecule has 0 rings (SSSR count). The normalized spacial score (nSPS) is 14.9. The topological polar surface area (TPSA) is 9.23 Å². The molecule has 0 aliphatic rings. The van der Waals surface area contributed by atoms with Gasteiger partial charge in [0, 0.05) is 12.5 Å². The molecule has 0 amide bonds. The van der Waals surface area contributed by atoms with Gasteiger partial charge in [-0.05, 0) is 25.8 Å². The minimum atomic E-state index is -0.238. The van der Waals surface area contributed by atoms with Crippen molar-refractivity contribution in [2.24, 2.45) is 0 Å². The van der Waals surface area contributed by atoms with E-state index in [2.05, 4.69) is 19.2 Å². The van der Waals surface area contributed by atoms with E-state index >= 15 is 0 Å². The third-order valence-electron chi connectivity index (χ3n) is 1.91. The zero-order valence-electron chi connectivity index (χ0n) is 7.90. The summed E-state index contributed by atoms with van der Waals surface area (Å²) in [6.45, 7) is 8.31. The van der Waals surface area contributed by atoms with E-state index < -0.39 is 0 Å². The lowest BCUT2D eigenvalue weighted by Gasteiger charge is -2.27. The smallest absolute Gasteiger partial charge is 0.0944 e. The molecule has 2 heteroatoms. The maximum Gasteiger partial charge on any atom is 0.0944 e. The molecule has 1 unspecified atom stereocenters. The van der Waals surface area contributed by atoms with Gasteiger partial charge in [0.1, 0.15) is 0 Å². The van der Waals surface area contributed by atoms with E-state index in [9.17, 15) is 0 Å². The first kappa shape index (κ1) is 11.8. The van der Waals surface area contributed by atoms with E-state index in [4.69, 9.17) is 16.3 Å². The van der Waals surface area contributed by atoms with Crippen LogP contribution in [0.1, 0.15) is 26.7 Å². The zero-order valence-corrected chi connectivity index (χ0v) is 8.66. The number of rotatable bonds is 6. The van der Waals surface area contributed by atoms with Gasteiger partial charge < -0.3 is 4.74 Å². The Morgan fingerprint density at radius 1 is 1.58 bits per heavy atom. The van der Waals surface area contributed by atoms with Crippen LogP contribution in [0.25, 0.3) is 0 Å². The fourth-order valence-electron chi connectivity index (χ4n) is 1.20. The van der Waals surface area contributed by atoms with Crippen LogP contribution in [0.15, 0.2) is 18.4 Å². The summed E-state index contributed by atoms with van der Waals surface area (Å²) in [5.41, 5.74) is 2.53. The van der Waals surface area contributed by atoms with Gasteiger partial charge >= 0.3 is 0 Å². The van der Waals surface area contributed by atoms with Gasteiger partial charge in [-0.3, -0.25) is 0 Å². The lowest BCUT2D eigenvalue weighted by molar-refractivity contribution is -0.00562. The predicted octanol–water partition coefficient (Wildman–Crippen LogP) is 3.14. The second kappa shape index (κ2) is 6.30. The molecule has 0 N–H and O–H groups in total. The van der Waals surface area contributed by atoms with E-state index in [1.165, 1.54) is 0 Å². The number of alkyl halides is 1. The highest BCUT2D eigenvalue weighted by Crippen LogP contribution is 2.22. The Kier molecular flexibility index (Phi) is 6.18. The Hall–Kier alpha value is -0.230. The van der Waals surface area contributed by atoms with Crippen molar-refractivity contribution in [1.29, 1.82) is 0 Å². The maximum atomic E-state index is 5.69. The third kappa shape index (κ3) is 3.44. The molecule has 0 aliphatic heterocycles. The molecule has 0 aromatic rings. The molecule has 12 heavy (non-hydrogen) atoms. The summed E-state index contributed by atoms with van der Waals surface area (Å²) < 4.78 is 5.62. The van der Waals surface area contributed by atoms with E-state index in [1.807, 2.05) is 13.0 Å². The van der Waals surface area contributed by atoms with Crippen molar-refractivity contribution in [2.45, 2.75) is 32.3 Å². The van der Waals surface area contributed by atoms with Crippen LogP contribution in [0, 0.1) is 0 Å². The quantitative estimate of drug-likeness (QED) is 0.460. The molecule has 0 heterocycles. The summed E-state index contributed by atoms with van der Waals surface area (Å²) in [5.74, 6) is 0.603. The summed E-state index contributed by atoms with van der Waals surface area (Å²) in [7, 11) is 0. The van der Waals surface area contributed by atoms with Crippen molar-refractivity contribution in [3.8, 4) is 0 Å². The van der Waals surface area contributed by atoms with E-state index in [0.29, 0.717) is 12.5 Å². The fourth-order valence-corrected chi connectivity index (χ4v) is 1.52. The largest absolute Gasteiger partial charge is 0.371 e. The van der Waals surface area contributed by atoms with E-state index in [0.717, 1.165) is 12.8 Å². The number of ether oxygens (including phenoxy) is 1. The first-order valence-corrected chi connectivity index (χ1v) is 4.85. The Balaban J connectivity index is 4.37. The molecule has 0 spiro atoms. The third-order valence-corrected chi connectivity index (χ3v) is 2.10. The second-order valence-corrected chi connectivity index (χ2v) is 3.02. The van der Waals surface area contributed by atoms with Crippen LogP contribution in [-0.4, -0.2) is 18.1 Å². The molecule has 0 bridgehead atoms. The van der Waals surface area contributed by atoms with Crippen molar-refractivity contribution in [3.63, 3.8) is 0 Å². The van der Waals surface area contributed by atoms with Crippen molar-refractivity contribution < 1.29 is 4.74 Å². The van der Waals surface area contributed by atoms with Crippen LogP contribution in [0.3, 0.4) is 0 Å². The highest BCUT2D eigenvalue weighted by atomic mass is 35.5. The first-order valence-electron chi connectivity index (χ1n) is 4.31.